The molecule has 2 rings (SSSR count). The number of guanidine groups is 1. The minimum atomic E-state index is -0.0925. The molecule has 0 atom stereocenters. The van der Waals surface area contributed by atoms with Crippen LogP contribution in [0.15, 0.2) is 58.4 Å². The minimum absolute atomic E-state index is 0.0925. The maximum Gasteiger partial charge on any atom is 0.251 e. The van der Waals surface area contributed by atoms with Crippen molar-refractivity contribution in [3.05, 3.63) is 64.7 Å². The van der Waals surface area contributed by atoms with E-state index in [1.54, 1.807) is 24.9 Å². The Morgan fingerprint density at radius 2 is 1.93 bits per heavy atom. The van der Waals surface area contributed by atoms with Crippen molar-refractivity contribution in [3.63, 3.8) is 0 Å². The van der Waals surface area contributed by atoms with Crippen molar-refractivity contribution in [2.75, 3.05) is 25.9 Å². The number of hydrogen-bond donors (Lipinski definition) is 3. The molecule has 0 aromatic heterocycles. The van der Waals surface area contributed by atoms with Gasteiger partial charge in [0.1, 0.15) is 0 Å². The van der Waals surface area contributed by atoms with Crippen LogP contribution in [0.4, 0.5) is 0 Å². The number of carbonyl (C=O) groups excluding carboxylic acids is 1. The molecule has 0 aliphatic rings. The quantitative estimate of drug-likeness (QED) is 0.272. The molecule has 3 N–H and O–H groups in total. The van der Waals surface area contributed by atoms with Crippen LogP contribution in [0, 0.1) is 0 Å². The van der Waals surface area contributed by atoms with Crippen molar-refractivity contribution in [1.82, 2.24) is 16.0 Å². The van der Waals surface area contributed by atoms with Crippen molar-refractivity contribution in [1.29, 1.82) is 0 Å². The number of halogens is 1. The molecule has 0 unspecified atom stereocenters. The number of thioether (sulfide) groups is 1. The second kappa shape index (κ2) is 11.5. The number of benzene rings is 2. The number of carbonyl (C=O) groups is 1. The molecule has 1 amide bonds. The van der Waals surface area contributed by atoms with Crippen molar-refractivity contribution >= 4 is 35.2 Å². The maximum absolute atomic E-state index is 11.7. The van der Waals surface area contributed by atoms with Gasteiger partial charge in [-0.1, -0.05) is 23.7 Å². The van der Waals surface area contributed by atoms with E-state index in [2.05, 4.69) is 20.9 Å². The molecule has 0 spiro atoms. The summed E-state index contributed by atoms with van der Waals surface area (Å²) in [7, 11) is 1.63. The Labute approximate surface area is 170 Å². The summed E-state index contributed by atoms with van der Waals surface area (Å²) >= 11 is 7.67. The summed E-state index contributed by atoms with van der Waals surface area (Å²) in [4.78, 5) is 17.5. The molecule has 27 heavy (non-hydrogen) atoms. The summed E-state index contributed by atoms with van der Waals surface area (Å²) < 4.78 is 0. The van der Waals surface area contributed by atoms with Crippen LogP contribution in [0.25, 0.3) is 0 Å². The summed E-state index contributed by atoms with van der Waals surface area (Å²) in [5.74, 6) is 1.59. The van der Waals surface area contributed by atoms with Crippen LogP contribution in [0.2, 0.25) is 5.02 Å². The molecule has 2 aromatic carbocycles. The van der Waals surface area contributed by atoms with E-state index < -0.39 is 0 Å². The van der Waals surface area contributed by atoms with Crippen molar-refractivity contribution in [3.8, 4) is 0 Å². The highest BCUT2D eigenvalue weighted by Gasteiger charge is 2.04. The van der Waals surface area contributed by atoms with E-state index in [1.807, 2.05) is 49.4 Å². The fraction of sp³-hybridized carbons (Fsp3) is 0.300. The van der Waals surface area contributed by atoms with Gasteiger partial charge in [0.25, 0.3) is 5.91 Å². The van der Waals surface area contributed by atoms with Crippen molar-refractivity contribution < 1.29 is 4.79 Å². The number of aliphatic imine (C=N–C) groups is 1. The lowest BCUT2D eigenvalue weighted by atomic mass is 10.1. The zero-order chi connectivity index (χ0) is 19.5. The molecule has 0 fully saturated rings. The van der Waals surface area contributed by atoms with Crippen LogP contribution >= 0.6 is 23.4 Å². The molecule has 0 aliphatic heterocycles. The van der Waals surface area contributed by atoms with Gasteiger partial charge in [0, 0.05) is 41.4 Å². The first-order valence-corrected chi connectivity index (χ1v) is 10.2. The smallest absolute Gasteiger partial charge is 0.251 e. The number of rotatable bonds is 8. The van der Waals surface area contributed by atoms with E-state index in [-0.39, 0.29) is 5.91 Å². The van der Waals surface area contributed by atoms with Gasteiger partial charge in [-0.3, -0.25) is 4.79 Å². The number of nitrogens with one attached hydrogen (secondary N) is 3. The molecule has 0 saturated carbocycles. The van der Waals surface area contributed by atoms with Crippen LogP contribution in [0.1, 0.15) is 22.8 Å². The third-order valence-electron chi connectivity index (χ3n) is 3.66. The van der Waals surface area contributed by atoms with Crippen LogP contribution in [-0.4, -0.2) is 37.8 Å². The predicted molar refractivity (Wildman–Crippen MR) is 115 cm³/mol. The van der Waals surface area contributed by atoms with Crippen molar-refractivity contribution in [2.24, 2.45) is 4.99 Å². The lowest BCUT2D eigenvalue weighted by molar-refractivity contribution is 0.0963. The molecule has 2 aromatic rings. The summed E-state index contributed by atoms with van der Waals surface area (Å²) in [6.07, 6.45) is 0. The van der Waals surface area contributed by atoms with E-state index in [4.69, 9.17) is 11.6 Å². The highest BCUT2D eigenvalue weighted by Crippen LogP contribution is 2.19. The fourth-order valence-corrected chi connectivity index (χ4v) is 3.23. The summed E-state index contributed by atoms with van der Waals surface area (Å²) in [6.45, 7) is 4.11. The van der Waals surface area contributed by atoms with Gasteiger partial charge in [-0.2, -0.15) is 0 Å². The third-order valence-corrected chi connectivity index (χ3v) is 4.92. The van der Waals surface area contributed by atoms with Crippen LogP contribution < -0.4 is 16.0 Å². The lowest BCUT2D eigenvalue weighted by Crippen LogP contribution is -2.38. The topological polar surface area (TPSA) is 65.5 Å². The SMILES string of the molecule is CCNC(=NCc1cccc(C(=O)NC)c1)NCCSc1ccc(Cl)cc1. The van der Waals surface area contributed by atoms with Crippen LogP contribution in [0.5, 0.6) is 0 Å². The fourth-order valence-electron chi connectivity index (χ4n) is 2.34. The number of amides is 1. The molecule has 0 aliphatic carbocycles. The Balaban J connectivity index is 1.86. The Bertz CT molecular complexity index is 765. The standard InChI is InChI=1S/C20H25ClN4OS/c1-3-23-20(24-11-12-27-18-9-7-17(21)8-10-18)25-14-15-5-4-6-16(13-15)19(26)22-2/h4-10,13H,3,11-12,14H2,1-2H3,(H,22,26)(H2,23,24,25). The molecule has 0 heterocycles. The Morgan fingerprint density at radius 1 is 1.15 bits per heavy atom. The molecule has 7 heteroatoms. The Hall–Kier alpha value is -2.18. The van der Waals surface area contributed by atoms with Gasteiger partial charge in [-0.15, -0.1) is 11.8 Å². The monoisotopic (exact) mass is 404 g/mol. The van der Waals surface area contributed by atoms with Gasteiger partial charge in [-0.25, -0.2) is 4.99 Å². The molecular formula is C20H25ClN4OS. The molecule has 0 bridgehead atoms. The van der Waals surface area contributed by atoms with Gasteiger partial charge in [-0.05, 0) is 48.9 Å². The highest BCUT2D eigenvalue weighted by atomic mass is 35.5. The van der Waals surface area contributed by atoms with E-state index in [0.29, 0.717) is 12.1 Å². The Morgan fingerprint density at radius 3 is 2.63 bits per heavy atom. The van der Waals surface area contributed by atoms with E-state index in [0.717, 1.165) is 35.4 Å². The number of nitrogens with zero attached hydrogens (tertiary/aromatic N) is 1. The molecule has 144 valence electrons. The van der Waals surface area contributed by atoms with Gasteiger partial charge in [0.15, 0.2) is 5.96 Å². The zero-order valence-corrected chi connectivity index (χ0v) is 17.2. The van der Waals surface area contributed by atoms with Crippen molar-refractivity contribution in [2.45, 2.75) is 18.4 Å². The van der Waals surface area contributed by atoms with Gasteiger partial charge < -0.3 is 16.0 Å². The Kier molecular flexibility index (Phi) is 9.01. The van der Waals surface area contributed by atoms with E-state index in [1.165, 1.54) is 4.90 Å². The zero-order valence-electron chi connectivity index (χ0n) is 15.6. The van der Waals surface area contributed by atoms with Crippen LogP contribution in [-0.2, 0) is 6.54 Å². The summed E-state index contributed by atoms with van der Waals surface area (Å²) in [5.41, 5.74) is 1.63. The molecule has 0 radical (unpaired) electrons. The molecular weight excluding hydrogens is 380 g/mol. The average molecular weight is 405 g/mol. The molecule has 0 saturated heterocycles. The third kappa shape index (κ3) is 7.53. The lowest BCUT2D eigenvalue weighted by Gasteiger charge is -2.11. The summed E-state index contributed by atoms with van der Waals surface area (Å²) in [6, 6.07) is 15.3. The highest BCUT2D eigenvalue weighted by molar-refractivity contribution is 7.99. The second-order valence-corrected chi connectivity index (χ2v) is 7.31. The normalized spacial score (nSPS) is 11.1. The van der Waals surface area contributed by atoms with E-state index >= 15 is 0 Å². The molecule has 5 nitrogen and oxygen atoms in total. The second-order valence-electron chi connectivity index (χ2n) is 5.70. The first kappa shape index (κ1) is 21.1. The van der Waals surface area contributed by atoms with Gasteiger partial charge in [0.2, 0.25) is 0 Å². The average Bonchev–Trinajstić information content (AvgIpc) is 2.70. The van der Waals surface area contributed by atoms with Gasteiger partial charge in [0.05, 0.1) is 6.54 Å². The largest absolute Gasteiger partial charge is 0.357 e. The predicted octanol–water partition coefficient (Wildman–Crippen LogP) is 3.55. The maximum atomic E-state index is 11.7. The first-order valence-electron chi connectivity index (χ1n) is 8.84. The van der Waals surface area contributed by atoms with Crippen LogP contribution in [0.3, 0.4) is 0 Å². The minimum Gasteiger partial charge on any atom is -0.357 e. The summed E-state index contributed by atoms with van der Waals surface area (Å²) in [5, 5.41) is 9.96. The van der Waals surface area contributed by atoms with Gasteiger partial charge >= 0.3 is 0 Å². The first-order chi connectivity index (χ1) is 13.1. The van der Waals surface area contributed by atoms with E-state index in [9.17, 15) is 4.79 Å². The number of hydrogen-bond acceptors (Lipinski definition) is 3.